The number of aryl methyl sites for hydroxylation is 2. The van der Waals surface area contributed by atoms with E-state index >= 15 is 0 Å². The van der Waals surface area contributed by atoms with Gasteiger partial charge in [0.15, 0.2) is 0 Å². The minimum Gasteiger partial charge on any atom is -0.341 e. The summed E-state index contributed by atoms with van der Waals surface area (Å²) in [5.41, 5.74) is 2.91. The van der Waals surface area contributed by atoms with Crippen LogP contribution in [0.15, 0.2) is 42.7 Å². The van der Waals surface area contributed by atoms with Crippen LogP contribution in [0.5, 0.6) is 0 Å². The van der Waals surface area contributed by atoms with Crippen LogP contribution in [0.3, 0.4) is 0 Å². The smallest absolute Gasteiger partial charge is 0.147 e. The fourth-order valence-corrected chi connectivity index (χ4v) is 3.24. The zero-order valence-electron chi connectivity index (χ0n) is 11.3. The van der Waals surface area contributed by atoms with Gasteiger partial charge in [-0.2, -0.15) is 0 Å². The fourth-order valence-electron chi connectivity index (χ4n) is 3.24. The number of hydrogen-bond donors (Lipinski definition) is 0. The van der Waals surface area contributed by atoms with E-state index in [1.807, 2.05) is 29.9 Å². The highest BCUT2D eigenvalue weighted by atomic mass is 19.1. The molecule has 4 rings (SSSR count). The minimum absolute atomic E-state index is 0.178. The molecule has 4 aromatic rings. The number of rotatable bonds is 0. The highest BCUT2D eigenvalue weighted by Gasteiger charge is 2.15. The lowest BCUT2D eigenvalue weighted by Crippen LogP contribution is -1.92. The summed E-state index contributed by atoms with van der Waals surface area (Å²) in [5, 5.41) is 4.30. The third-order valence-electron chi connectivity index (χ3n) is 4.11. The standard InChI is InChI=1S/C17H13FN2/c1-10-12-6-7-19-9-11(12)8-14-13-4-3-5-15(18)17(13)20(2)16(10)14/h3-9H,1-2H3. The molecule has 0 spiro atoms. The summed E-state index contributed by atoms with van der Waals surface area (Å²) in [6.07, 6.45) is 3.66. The summed E-state index contributed by atoms with van der Waals surface area (Å²) >= 11 is 0. The number of nitrogens with zero attached hydrogens (tertiary/aromatic N) is 2. The molecule has 2 aromatic carbocycles. The van der Waals surface area contributed by atoms with Gasteiger partial charge in [0.25, 0.3) is 0 Å². The van der Waals surface area contributed by atoms with Gasteiger partial charge in [0.05, 0.1) is 11.0 Å². The molecule has 0 aliphatic carbocycles. The number of fused-ring (bicyclic) bond motifs is 4. The molecule has 98 valence electrons. The summed E-state index contributed by atoms with van der Waals surface area (Å²) < 4.78 is 16.1. The molecule has 0 radical (unpaired) electrons. The molecular formula is C17H13FN2. The van der Waals surface area contributed by atoms with Gasteiger partial charge in [-0.1, -0.05) is 12.1 Å². The van der Waals surface area contributed by atoms with Crippen LogP contribution in [0.4, 0.5) is 4.39 Å². The first kappa shape index (κ1) is 11.4. The topological polar surface area (TPSA) is 17.8 Å². The molecule has 0 saturated carbocycles. The van der Waals surface area contributed by atoms with Gasteiger partial charge in [0.1, 0.15) is 5.82 Å². The lowest BCUT2D eigenvalue weighted by atomic mass is 10.0. The summed E-state index contributed by atoms with van der Waals surface area (Å²) in [4.78, 5) is 4.18. The predicted molar refractivity (Wildman–Crippen MR) is 80.4 cm³/mol. The molecule has 0 saturated heterocycles. The van der Waals surface area contributed by atoms with Gasteiger partial charge in [-0.15, -0.1) is 0 Å². The maximum absolute atomic E-state index is 14.1. The lowest BCUT2D eigenvalue weighted by molar-refractivity contribution is 0.633. The van der Waals surface area contributed by atoms with Gasteiger partial charge >= 0.3 is 0 Å². The Morgan fingerprint density at radius 3 is 2.75 bits per heavy atom. The molecule has 0 N–H and O–H groups in total. The molecule has 0 unspecified atom stereocenters. The second kappa shape index (κ2) is 3.79. The van der Waals surface area contributed by atoms with Gasteiger partial charge < -0.3 is 4.57 Å². The Labute approximate surface area is 115 Å². The Balaban J connectivity index is 2.38. The van der Waals surface area contributed by atoms with Crippen molar-refractivity contribution in [3.8, 4) is 0 Å². The maximum atomic E-state index is 14.1. The van der Waals surface area contributed by atoms with E-state index in [0.717, 1.165) is 27.2 Å². The number of hydrogen-bond acceptors (Lipinski definition) is 1. The monoisotopic (exact) mass is 264 g/mol. The molecule has 0 atom stereocenters. The molecule has 0 aliphatic heterocycles. The average molecular weight is 264 g/mol. The Bertz CT molecular complexity index is 983. The van der Waals surface area contributed by atoms with Crippen LogP contribution in [0.2, 0.25) is 0 Å². The van der Waals surface area contributed by atoms with Crippen molar-refractivity contribution >= 4 is 32.6 Å². The van der Waals surface area contributed by atoms with Crippen molar-refractivity contribution in [3.63, 3.8) is 0 Å². The van der Waals surface area contributed by atoms with Crippen LogP contribution in [0, 0.1) is 12.7 Å². The Kier molecular flexibility index (Phi) is 2.16. The predicted octanol–water partition coefficient (Wildman–Crippen LogP) is 4.33. The molecule has 2 nitrogen and oxygen atoms in total. The van der Waals surface area contributed by atoms with E-state index in [4.69, 9.17) is 0 Å². The Morgan fingerprint density at radius 1 is 1.05 bits per heavy atom. The van der Waals surface area contributed by atoms with Crippen LogP contribution in [0.25, 0.3) is 32.6 Å². The van der Waals surface area contributed by atoms with Crippen LogP contribution >= 0.6 is 0 Å². The zero-order chi connectivity index (χ0) is 13.9. The van der Waals surface area contributed by atoms with Crippen LogP contribution in [0.1, 0.15) is 5.56 Å². The van der Waals surface area contributed by atoms with Crippen LogP contribution in [-0.2, 0) is 7.05 Å². The largest absolute Gasteiger partial charge is 0.341 e. The third-order valence-corrected chi connectivity index (χ3v) is 4.11. The molecular weight excluding hydrogens is 251 g/mol. The summed E-state index contributed by atoms with van der Waals surface area (Å²) in [6.45, 7) is 2.08. The van der Waals surface area contributed by atoms with Crippen molar-refractivity contribution in [1.29, 1.82) is 0 Å². The second-order valence-electron chi connectivity index (χ2n) is 5.19. The molecule has 2 heterocycles. The van der Waals surface area contributed by atoms with Crippen molar-refractivity contribution < 1.29 is 4.39 Å². The van der Waals surface area contributed by atoms with Gasteiger partial charge in [-0.05, 0) is 36.1 Å². The second-order valence-corrected chi connectivity index (χ2v) is 5.19. The molecule has 2 aromatic heterocycles. The quantitative estimate of drug-likeness (QED) is 0.462. The van der Waals surface area contributed by atoms with Crippen molar-refractivity contribution in [1.82, 2.24) is 9.55 Å². The van der Waals surface area contributed by atoms with E-state index in [1.165, 1.54) is 11.5 Å². The van der Waals surface area contributed by atoms with E-state index in [1.54, 1.807) is 12.3 Å². The maximum Gasteiger partial charge on any atom is 0.147 e. The van der Waals surface area contributed by atoms with E-state index in [9.17, 15) is 4.39 Å². The third kappa shape index (κ3) is 1.29. The van der Waals surface area contributed by atoms with Crippen molar-refractivity contribution in [2.24, 2.45) is 7.05 Å². The Hall–Kier alpha value is -2.42. The number of pyridine rings is 1. The highest BCUT2D eigenvalue weighted by molar-refractivity contribution is 6.14. The number of halogens is 1. The summed E-state index contributed by atoms with van der Waals surface area (Å²) in [5.74, 6) is -0.178. The van der Waals surface area contributed by atoms with Gasteiger partial charge in [-0.25, -0.2) is 4.39 Å². The molecule has 0 amide bonds. The Morgan fingerprint density at radius 2 is 1.90 bits per heavy atom. The fraction of sp³-hybridized carbons (Fsp3) is 0.118. The van der Waals surface area contributed by atoms with Crippen LogP contribution < -0.4 is 0 Å². The van der Waals surface area contributed by atoms with Gasteiger partial charge in [-0.3, -0.25) is 4.98 Å². The van der Waals surface area contributed by atoms with E-state index in [0.29, 0.717) is 5.52 Å². The molecule has 0 aliphatic rings. The van der Waals surface area contributed by atoms with Crippen molar-refractivity contribution in [3.05, 3.63) is 54.1 Å². The molecule has 3 heteroatoms. The first-order valence-corrected chi connectivity index (χ1v) is 6.58. The van der Waals surface area contributed by atoms with E-state index in [-0.39, 0.29) is 5.82 Å². The van der Waals surface area contributed by atoms with E-state index in [2.05, 4.69) is 18.0 Å². The van der Waals surface area contributed by atoms with Gasteiger partial charge in [0.2, 0.25) is 0 Å². The lowest BCUT2D eigenvalue weighted by Gasteiger charge is -2.06. The van der Waals surface area contributed by atoms with Gasteiger partial charge in [0, 0.05) is 35.6 Å². The SMILES string of the molecule is Cc1c2ccncc2cc2c3cccc(F)c3n(C)c12. The first-order valence-electron chi connectivity index (χ1n) is 6.58. The average Bonchev–Trinajstić information content (AvgIpc) is 2.74. The van der Waals surface area contributed by atoms with Crippen molar-refractivity contribution in [2.45, 2.75) is 6.92 Å². The zero-order valence-corrected chi connectivity index (χ0v) is 11.3. The van der Waals surface area contributed by atoms with Crippen LogP contribution in [-0.4, -0.2) is 9.55 Å². The van der Waals surface area contributed by atoms with Crippen molar-refractivity contribution in [2.75, 3.05) is 0 Å². The molecule has 20 heavy (non-hydrogen) atoms. The van der Waals surface area contributed by atoms with E-state index < -0.39 is 0 Å². The minimum atomic E-state index is -0.178. The molecule has 0 fully saturated rings. The number of aromatic nitrogens is 2. The summed E-state index contributed by atoms with van der Waals surface area (Å²) in [6, 6.07) is 9.37. The highest BCUT2D eigenvalue weighted by Crippen LogP contribution is 2.35. The first-order chi connectivity index (χ1) is 9.68. The number of para-hydroxylation sites is 1. The number of benzene rings is 2. The normalized spacial score (nSPS) is 11.8. The summed E-state index contributed by atoms with van der Waals surface area (Å²) in [7, 11) is 1.92. The molecule has 0 bridgehead atoms.